The summed E-state index contributed by atoms with van der Waals surface area (Å²) in [6.45, 7) is 7.94. The molecular formula is C17H20N6. The normalized spacial score (nSPS) is 15.4. The number of benzene rings is 1. The summed E-state index contributed by atoms with van der Waals surface area (Å²) in [5.41, 5.74) is 3.44. The Morgan fingerprint density at radius 2 is 1.74 bits per heavy atom. The van der Waals surface area contributed by atoms with Crippen molar-refractivity contribution < 1.29 is 0 Å². The monoisotopic (exact) mass is 308 g/mol. The summed E-state index contributed by atoms with van der Waals surface area (Å²) in [4.78, 5) is 9.27. The van der Waals surface area contributed by atoms with Crippen LogP contribution in [-0.4, -0.2) is 45.8 Å². The molecule has 0 aliphatic carbocycles. The molecule has 2 aromatic heterocycles. The Bertz CT molecular complexity index is 832. The lowest BCUT2D eigenvalue weighted by atomic mass is 10.2. The number of anilines is 2. The fourth-order valence-electron chi connectivity index (χ4n) is 3.15. The van der Waals surface area contributed by atoms with E-state index in [-0.39, 0.29) is 0 Å². The van der Waals surface area contributed by atoms with Gasteiger partial charge in [0.05, 0.1) is 0 Å². The van der Waals surface area contributed by atoms with Crippen LogP contribution in [0, 0.1) is 13.8 Å². The number of hydrogen-bond acceptors (Lipinski definition) is 5. The van der Waals surface area contributed by atoms with Crippen molar-refractivity contribution in [3.8, 4) is 0 Å². The van der Waals surface area contributed by atoms with Crippen molar-refractivity contribution in [2.24, 2.45) is 0 Å². The number of fused-ring (bicyclic) bond motifs is 1. The van der Waals surface area contributed by atoms with E-state index in [9.17, 15) is 0 Å². The van der Waals surface area contributed by atoms with Crippen LogP contribution in [-0.2, 0) is 0 Å². The molecule has 1 aromatic carbocycles. The summed E-state index contributed by atoms with van der Waals surface area (Å²) in [6.07, 6.45) is 3.74. The summed E-state index contributed by atoms with van der Waals surface area (Å²) >= 11 is 0. The van der Waals surface area contributed by atoms with Gasteiger partial charge >= 0.3 is 0 Å². The highest BCUT2D eigenvalue weighted by molar-refractivity contribution is 5.64. The average Bonchev–Trinajstić information content (AvgIpc) is 2.97. The van der Waals surface area contributed by atoms with Crippen LogP contribution in [0.1, 0.15) is 11.4 Å². The van der Waals surface area contributed by atoms with Crippen molar-refractivity contribution in [1.29, 1.82) is 0 Å². The highest BCUT2D eigenvalue weighted by atomic mass is 15.3. The molecule has 0 N–H and O–H groups in total. The van der Waals surface area contributed by atoms with Gasteiger partial charge in [-0.3, -0.25) is 4.40 Å². The minimum absolute atomic E-state index is 0.842. The maximum atomic E-state index is 4.54. The Morgan fingerprint density at radius 1 is 0.957 bits per heavy atom. The van der Waals surface area contributed by atoms with E-state index in [1.54, 1.807) is 0 Å². The lowest BCUT2D eigenvalue weighted by Gasteiger charge is -2.36. The van der Waals surface area contributed by atoms with Crippen molar-refractivity contribution in [2.75, 3.05) is 36.0 Å². The molecule has 6 heteroatoms. The van der Waals surface area contributed by atoms with Gasteiger partial charge in [-0.2, -0.15) is 0 Å². The Hall–Kier alpha value is -2.63. The first-order valence-electron chi connectivity index (χ1n) is 7.95. The largest absolute Gasteiger partial charge is 0.368 e. The highest BCUT2D eigenvalue weighted by Gasteiger charge is 2.21. The third-order valence-electron chi connectivity index (χ3n) is 4.42. The summed E-state index contributed by atoms with van der Waals surface area (Å²) in [5, 5.41) is 8.44. The van der Waals surface area contributed by atoms with Crippen molar-refractivity contribution in [3.63, 3.8) is 0 Å². The van der Waals surface area contributed by atoms with E-state index in [1.165, 1.54) is 11.3 Å². The Morgan fingerprint density at radius 3 is 2.52 bits per heavy atom. The predicted molar refractivity (Wildman–Crippen MR) is 91.1 cm³/mol. The molecule has 3 aromatic rings. The van der Waals surface area contributed by atoms with E-state index in [1.807, 2.05) is 23.7 Å². The molecule has 0 spiro atoms. The topological polar surface area (TPSA) is 49.6 Å². The fourth-order valence-corrected chi connectivity index (χ4v) is 3.15. The first-order valence-corrected chi connectivity index (χ1v) is 7.95. The number of aromatic nitrogens is 4. The third-order valence-corrected chi connectivity index (χ3v) is 4.42. The van der Waals surface area contributed by atoms with Gasteiger partial charge in [-0.05, 0) is 31.5 Å². The second-order valence-electron chi connectivity index (χ2n) is 6.00. The van der Waals surface area contributed by atoms with Gasteiger partial charge in [0.1, 0.15) is 5.82 Å². The zero-order valence-corrected chi connectivity index (χ0v) is 13.5. The molecule has 23 heavy (non-hydrogen) atoms. The Labute approximate surface area is 135 Å². The number of hydrogen-bond donors (Lipinski definition) is 0. The van der Waals surface area contributed by atoms with Gasteiger partial charge in [-0.1, -0.05) is 12.1 Å². The minimum atomic E-state index is 0.842. The van der Waals surface area contributed by atoms with Gasteiger partial charge < -0.3 is 9.80 Å². The molecule has 0 radical (unpaired) electrons. The Kier molecular flexibility index (Phi) is 3.37. The van der Waals surface area contributed by atoms with E-state index in [0.717, 1.165) is 43.5 Å². The lowest BCUT2D eigenvalue weighted by molar-refractivity contribution is 0.647. The van der Waals surface area contributed by atoms with E-state index in [4.69, 9.17) is 0 Å². The van der Waals surface area contributed by atoms with E-state index >= 15 is 0 Å². The smallest absolute Gasteiger partial charge is 0.203 e. The number of rotatable bonds is 2. The van der Waals surface area contributed by atoms with Crippen LogP contribution < -0.4 is 9.80 Å². The van der Waals surface area contributed by atoms with E-state index in [0.29, 0.717) is 0 Å². The van der Waals surface area contributed by atoms with Crippen LogP contribution in [0.2, 0.25) is 0 Å². The quantitative estimate of drug-likeness (QED) is 0.725. The van der Waals surface area contributed by atoms with Crippen LogP contribution in [0.25, 0.3) is 5.65 Å². The zero-order chi connectivity index (χ0) is 15.8. The summed E-state index contributed by atoms with van der Waals surface area (Å²) < 4.78 is 2.00. The molecule has 0 amide bonds. The highest BCUT2D eigenvalue weighted by Crippen LogP contribution is 2.22. The number of piperazine rings is 1. The van der Waals surface area contributed by atoms with Crippen molar-refractivity contribution >= 4 is 17.2 Å². The second-order valence-corrected chi connectivity index (χ2v) is 6.00. The Balaban J connectivity index is 1.55. The molecule has 0 bridgehead atoms. The van der Waals surface area contributed by atoms with Crippen molar-refractivity contribution in [2.45, 2.75) is 13.8 Å². The minimum Gasteiger partial charge on any atom is -0.368 e. The van der Waals surface area contributed by atoms with Gasteiger partial charge in [0.25, 0.3) is 0 Å². The fraction of sp³-hybridized carbons (Fsp3) is 0.353. The summed E-state index contributed by atoms with van der Waals surface area (Å²) in [6, 6.07) is 8.69. The molecule has 0 atom stereocenters. The summed E-state index contributed by atoms with van der Waals surface area (Å²) in [7, 11) is 0. The zero-order valence-electron chi connectivity index (χ0n) is 13.5. The molecule has 1 aliphatic rings. The van der Waals surface area contributed by atoms with Crippen LogP contribution in [0.15, 0.2) is 36.7 Å². The molecule has 0 unspecified atom stereocenters. The first-order chi connectivity index (χ1) is 11.2. The predicted octanol–water partition coefficient (Wildman–Crippen LogP) is 2.07. The third kappa shape index (κ3) is 2.50. The maximum Gasteiger partial charge on any atom is 0.203 e. The van der Waals surface area contributed by atoms with Crippen LogP contribution >= 0.6 is 0 Å². The second kappa shape index (κ2) is 5.53. The van der Waals surface area contributed by atoms with E-state index in [2.05, 4.69) is 56.2 Å². The molecular weight excluding hydrogens is 288 g/mol. The van der Waals surface area contributed by atoms with Gasteiger partial charge in [-0.25, -0.2) is 4.98 Å². The molecule has 1 fully saturated rings. The number of aryl methyl sites for hydroxylation is 2. The number of nitrogens with zero attached hydrogens (tertiary/aromatic N) is 6. The van der Waals surface area contributed by atoms with Gasteiger partial charge in [0, 0.05) is 44.3 Å². The molecule has 0 saturated carbocycles. The van der Waals surface area contributed by atoms with Gasteiger partial charge in [-0.15, -0.1) is 10.2 Å². The average molecular weight is 308 g/mol. The molecule has 4 rings (SSSR count). The van der Waals surface area contributed by atoms with Gasteiger partial charge in [0.2, 0.25) is 5.65 Å². The molecule has 1 saturated heterocycles. The molecule has 118 valence electrons. The van der Waals surface area contributed by atoms with E-state index < -0.39 is 0 Å². The van der Waals surface area contributed by atoms with Crippen molar-refractivity contribution in [3.05, 3.63) is 48.0 Å². The molecule has 3 heterocycles. The SMILES string of the molecule is Cc1cccc(N2CCN(c3nccn4c(C)nnc34)CC2)c1. The maximum absolute atomic E-state index is 4.54. The lowest BCUT2D eigenvalue weighted by Crippen LogP contribution is -2.47. The molecule has 1 aliphatic heterocycles. The van der Waals surface area contributed by atoms with Crippen LogP contribution in [0.3, 0.4) is 0 Å². The molecule has 6 nitrogen and oxygen atoms in total. The van der Waals surface area contributed by atoms with Crippen molar-refractivity contribution in [1.82, 2.24) is 19.6 Å². The van der Waals surface area contributed by atoms with Crippen LogP contribution in [0.5, 0.6) is 0 Å². The summed E-state index contributed by atoms with van der Waals surface area (Å²) in [5.74, 6) is 1.82. The van der Waals surface area contributed by atoms with Gasteiger partial charge in [0.15, 0.2) is 5.82 Å². The van der Waals surface area contributed by atoms with Crippen LogP contribution in [0.4, 0.5) is 11.5 Å². The standard InChI is InChI=1S/C17H20N6/c1-13-4-3-5-15(12-13)21-8-10-22(11-9-21)16-17-20-19-14(2)23(17)7-6-18-16/h3-7,12H,8-11H2,1-2H3. The first kappa shape index (κ1) is 14.0.